The van der Waals surface area contributed by atoms with Gasteiger partial charge in [-0.25, -0.2) is 13.1 Å². The lowest BCUT2D eigenvalue weighted by Crippen LogP contribution is -2.30. The minimum atomic E-state index is -3.48. The van der Waals surface area contributed by atoms with Crippen LogP contribution in [-0.4, -0.2) is 20.4 Å². The van der Waals surface area contributed by atoms with Gasteiger partial charge < -0.3 is 5.32 Å². The molecule has 0 spiro atoms. The summed E-state index contributed by atoms with van der Waals surface area (Å²) in [6, 6.07) is 5.94. The lowest BCUT2D eigenvalue weighted by atomic mass is 10.2. The number of benzene rings is 1. The highest BCUT2D eigenvalue weighted by Gasteiger charge is 2.15. The zero-order valence-electron chi connectivity index (χ0n) is 11.6. The molecular weight excluding hydrogens is 264 g/mol. The van der Waals surface area contributed by atoms with Gasteiger partial charge in [0.05, 0.1) is 4.90 Å². The molecular formula is C13H20N2O3S. The molecule has 2 N–H and O–H groups in total. The van der Waals surface area contributed by atoms with E-state index in [0.29, 0.717) is 5.69 Å². The Balaban J connectivity index is 2.85. The molecule has 1 aromatic rings. The average molecular weight is 284 g/mol. The van der Waals surface area contributed by atoms with E-state index in [4.69, 9.17) is 0 Å². The Kier molecular flexibility index (Phi) is 5.08. The first-order valence-electron chi connectivity index (χ1n) is 6.15. The number of anilines is 1. The van der Waals surface area contributed by atoms with Crippen LogP contribution < -0.4 is 10.0 Å². The molecule has 0 fully saturated rings. The zero-order chi connectivity index (χ0) is 14.6. The topological polar surface area (TPSA) is 75.3 Å². The number of carbonyl (C=O) groups excluding carboxylic acids is 1. The van der Waals surface area contributed by atoms with E-state index in [1.165, 1.54) is 12.1 Å². The minimum absolute atomic E-state index is 0.101. The van der Waals surface area contributed by atoms with E-state index in [1.807, 2.05) is 0 Å². The number of carbonyl (C=O) groups is 1. The third kappa shape index (κ3) is 4.65. The molecule has 106 valence electrons. The first-order valence-corrected chi connectivity index (χ1v) is 7.64. The monoisotopic (exact) mass is 284 g/mol. The van der Waals surface area contributed by atoms with Crippen LogP contribution in [0.25, 0.3) is 0 Å². The van der Waals surface area contributed by atoms with Gasteiger partial charge in [0.1, 0.15) is 0 Å². The molecule has 0 aliphatic rings. The van der Waals surface area contributed by atoms with Crippen LogP contribution in [0.4, 0.5) is 5.69 Å². The number of nitrogens with one attached hydrogen (secondary N) is 2. The highest BCUT2D eigenvalue weighted by molar-refractivity contribution is 7.89. The van der Waals surface area contributed by atoms with Crippen molar-refractivity contribution in [1.29, 1.82) is 0 Å². The first kappa shape index (κ1) is 15.7. The van der Waals surface area contributed by atoms with E-state index >= 15 is 0 Å². The smallest absolute Gasteiger partial charge is 0.240 e. The predicted octanol–water partition coefficient (Wildman–Crippen LogP) is 1.97. The van der Waals surface area contributed by atoms with Gasteiger partial charge in [0.25, 0.3) is 0 Å². The molecule has 0 aromatic heterocycles. The quantitative estimate of drug-likeness (QED) is 0.868. The fourth-order valence-electron chi connectivity index (χ4n) is 1.38. The molecule has 1 aromatic carbocycles. The fraction of sp³-hybridized carbons (Fsp3) is 0.462. The van der Waals surface area contributed by atoms with Crippen molar-refractivity contribution in [3.05, 3.63) is 24.3 Å². The van der Waals surface area contributed by atoms with Crippen LogP contribution in [0, 0.1) is 5.92 Å². The van der Waals surface area contributed by atoms with E-state index in [1.54, 1.807) is 39.8 Å². The average Bonchev–Trinajstić information content (AvgIpc) is 2.27. The van der Waals surface area contributed by atoms with Crippen molar-refractivity contribution < 1.29 is 13.2 Å². The Morgan fingerprint density at radius 3 is 2.00 bits per heavy atom. The lowest BCUT2D eigenvalue weighted by Gasteiger charge is -2.11. The number of sulfonamides is 1. The largest absolute Gasteiger partial charge is 0.326 e. The number of hydrogen-bond acceptors (Lipinski definition) is 3. The molecule has 0 bridgehead atoms. The van der Waals surface area contributed by atoms with Crippen LogP contribution in [0.15, 0.2) is 29.2 Å². The van der Waals surface area contributed by atoms with Gasteiger partial charge in [-0.1, -0.05) is 13.8 Å². The zero-order valence-corrected chi connectivity index (χ0v) is 12.4. The lowest BCUT2D eigenvalue weighted by molar-refractivity contribution is -0.118. The van der Waals surface area contributed by atoms with E-state index in [2.05, 4.69) is 10.0 Å². The van der Waals surface area contributed by atoms with Gasteiger partial charge in [0.15, 0.2) is 0 Å². The van der Waals surface area contributed by atoms with Crippen molar-refractivity contribution >= 4 is 21.6 Å². The van der Waals surface area contributed by atoms with Crippen LogP contribution in [-0.2, 0) is 14.8 Å². The van der Waals surface area contributed by atoms with Gasteiger partial charge in [-0.2, -0.15) is 0 Å². The second kappa shape index (κ2) is 6.16. The summed E-state index contributed by atoms with van der Waals surface area (Å²) in [5, 5.41) is 2.71. The van der Waals surface area contributed by atoms with Crippen LogP contribution in [0.1, 0.15) is 27.7 Å². The molecule has 1 rings (SSSR count). The number of amides is 1. The minimum Gasteiger partial charge on any atom is -0.326 e. The van der Waals surface area contributed by atoms with E-state index in [0.717, 1.165) is 0 Å². The molecule has 0 unspecified atom stereocenters. The van der Waals surface area contributed by atoms with Gasteiger partial charge in [-0.3, -0.25) is 4.79 Å². The normalized spacial score (nSPS) is 11.9. The van der Waals surface area contributed by atoms with Crippen LogP contribution in [0.2, 0.25) is 0 Å². The molecule has 0 aliphatic heterocycles. The number of hydrogen-bond donors (Lipinski definition) is 2. The molecule has 1 amide bonds. The van der Waals surface area contributed by atoms with Gasteiger partial charge in [0, 0.05) is 17.6 Å². The fourth-order valence-corrected chi connectivity index (χ4v) is 2.63. The summed E-state index contributed by atoms with van der Waals surface area (Å²) < 4.78 is 26.3. The van der Waals surface area contributed by atoms with E-state index in [9.17, 15) is 13.2 Å². The van der Waals surface area contributed by atoms with E-state index in [-0.39, 0.29) is 22.8 Å². The summed E-state index contributed by atoms with van der Waals surface area (Å²) in [5.41, 5.74) is 0.585. The maximum absolute atomic E-state index is 11.9. The SMILES string of the molecule is CC(C)NS(=O)(=O)c1ccc(NC(=O)C(C)C)cc1. The van der Waals surface area contributed by atoms with Crippen molar-refractivity contribution in [2.24, 2.45) is 5.92 Å². The third-order valence-corrected chi connectivity index (χ3v) is 4.02. The summed E-state index contributed by atoms with van der Waals surface area (Å²) in [4.78, 5) is 11.7. The van der Waals surface area contributed by atoms with Crippen molar-refractivity contribution in [3.63, 3.8) is 0 Å². The summed E-state index contributed by atoms with van der Waals surface area (Å²) in [5.74, 6) is -0.220. The molecule has 0 saturated heterocycles. The Morgan fingerprint density at radius 1 is 1.05 bits per heavy atom. The highest BCUT2D eigenvalue weighted by Crippen LogP contribution is 2.15. The van der Waals surface area contributed by atoms with Crippen molar-refractivity contribution in [2.45, 2.75) is 38.6 Å². The molecule has 0 heterocycles. The van der Waals surface area contributed by atoms with Crippen molar-refractivity contribution in [2.75, 3.05) is 5.32 Å². The predicted molar refractivity (Wildman–Crippen MR) is 75.4 cm³/mol. The van der Waals surface area contributed by atoms with Gasteiger partial charge in [0.2, 0.25) is 15.9 Å². The first-order chi connectivity index (χ1) is 8.72. The molecule has 0 aliphatic carbocycles. The van der Waals surface area contributed by atoms with E-state index < -0.39 is 10.0 Å². The molecule has 0 atom stereocenters. The van der Waals surface area contributed by atoms with Gasteiger partial charge in [-0.05, 0) is 38.1 Å². The van der Waals surface area contributed by atoms with Gasteiger partial charge >= 0.3 is 0 Å². The Morgan fingerprint density at radius 2 is 1.58 bits per heavy atom. The second-order valence-corrected chi connectivity index (χ2v) is 6.66. The summed E-state index contributed by atoms with van der Waals surface area (Å²) in [6.45, 7) is 7.10. The molecule has 0 radical (unpaired) electrons. The number of rotatable bonds is 5. The van der Waals surface area contributed by atoms with Crippen LogP contribution >= 0.6 is 0 Å². The van der Waals surface area contributed by atoms with Crippen LogP contribution in [0.3, 0.4) is 0 Å². The Bertz CT molecular complexity index is 534. The van der Waals surface area contributed by atoms with Gasteiger partial charge in [-0.15, -0.1) is 0 Å². The third-order valence-electron chi connectivity index (χ3n) is 2.35. The van der Waals surface area contributed by atoms with Crippen molar-refractivity contribution in [1.82, 2.24) is 4.72 Å². The molecule has 5 nitrogen and oxygen atoms in total. The van der Waals surface area contributed by atoms with Crippen LogP contribution in [0.5, 0.6) is 0 Å². The molecule has 6 heteroatoms. The van der Waals surface area contributed by atoms with Crippen molar-refractivity contribution in [3.8, 4) is 0 Å². The highest BCUT2D eigenvalue weighted by atomic mass is 32.2. The maximum atomic E-state index is 11.9. The molecule has 19 heavy (non-hydrogen) atoms. The standard InChI is InChI=1S/C13H20N2O3S/c1-9(2)13(16)14-11-5-7-12(8-6-11)19(17,18)15-10(3)4/h5-10,15H,1-4H3,(H,14,16). The summed E-state index contributed by atoms with van der Waals surface area (Å²) in [7, 11) is -3.48. The molecule has 0 saturated carbocycles. The summed E-state index contributed by atoms with van der Waals surface area (Å²) in [6.07, 6.45) is 0. The Hall–Kier alpha value is -1.40. The summed E-state index contributed by atoms with van der Waals surface area (Å²) >= 11 is 0. The Labute approximate surface area is 114 Å². The second-order valence-electron chi connectivity index (χ2n) is 4.94. The maximum Gasteiger partial charge on any atom is 0.240 e.